The van der Waals surface area contributed by atoms with Crippen molar-refractivity contribution in [3.8, 4) is 0 Å². The van der Waals surface area contributed by atoms with Crippen LogP contribution in [0, 0.1) is 0 Å². The van der Waals surface area contributed by atoms with Crippen molar-refractivity contribution < 1.29 is 18.0 Å². The van der Waals surface area contributed by atoms with Crippen LogP contribution in [-0.4, -0.2) is 16.7 Å². The van der Waals surface area contributed by atoms with Gasteiger partial charge in [-0.3, -0.25) is 10.2 Å². The normalized spacial score (nSPS) is 12.0. The van der Waals surface area contributed by atoms with E-state index in [0.29, 0.717) is 5.71 Å². The molecule has 0 aliphatic carbocycles. The number of hydrazone groups is 1. The molecule has 0 heterocycles. The summed E-state index contributed by atoms with van der Waals surface area (Å²) in [6.07, 6.45) is -4.74. The quantitative estimate of drug-likeness (QED) is 0.442. The van der Waals surface area contributed by atoms with Gasteiger partial charge in [-0.2, -0.15) is 18.3 Å². The Morgan fingerprint density at radius 1 is 1.45 bits per heavy atom. The first kappa shape index (κ1) is 18.2. The Bertz CT molecular complexity index is 619. The van der Waals surface area contributed by atoms with Crippen LogP contribution in [0.5, 0.6) is 0 Å². The zero-order valence-electron chi connectivity index (χ0n) is 11.3. The number of benzene rings is 1. The molecule has 0 radical (unpaired) electrons. The molecule has 0 aromatic heterocycles. The largest absolute Gasteiger partial charge is 0.417 e. The number of halogens is 4. The van der Waals surface area contributed by atoms with Crippen molar-refractivity contribution in [1.82, 2.24) is 5.43 Å². The fourth-order valence-electron chi connectivity index (χ4n) is 1.45. The number of amides is 1. The fourth-order valence-corrected chi connectivity index (χ4v) is 1.72. The van der Waals surface area contributed by atoms with Crippen LogP contribution in [0.1, 0.15) is 18.9 Å². The first-order valence-corrected chi connectivity index (χ1v) is 6.63. The van der Waals surface area contributed by atoms with Gasteiger partial charge in [0.1, 0.15) is 0 Å². The van der Waals surface area contributed by atoms with Crippen LogP contribution in [0.15, 0.2) is 23.3 Å². The lowest BCUT2D eigenvalue weighted by Gasteiger charge is -2.11. The van der Waals surface area contributed by atoms with Gasteiger partial charge in [0.15, 0.2) is 5.11 Å². The number of carbonyl (C=O) groups excluding carboxylic acids is 1. The highest BCUT2D eigenvalue weighted by molar-refractivity contribution is 7.80. The summed E-state index contributed by atoms with van der Waals surface area (Å²) < 4.78 is 38.1. The molecule has 0 aliphatic rings. The number of nitrogens with two attached hydrogens (primary N) is 1. The number of hydrogen-bond donors (Lipinski definition) is 3. The Labute approximate surface area is 134 Å². The van der Waals surface area contributed by atoms with E-state index in [0.717, 1.165) is 12.1 Å². The zero-order chi connectivity index (χ0) is 16.9. The summed E-state index contributed by atoms with van der Waals surface area (Å²) in [5.74, 6) is -0.540. The highest BCUT2D eigenvalue weighted by Gasteiger charge is 2.33. The second-order valence-electron chi connectivity index (χ2n) is 4.24. The average molecular weight is 353 g/mol. The van der Waals surface area contributed by atoms with E-state index in [4.69, 9.17) is 17.3 Å². The van der Waals surface area contributed by atoms with E-state index in [2.05, 4.69) is 28.1 Å². The minimum Gasteiger partial charge on any atom is -0.375 e. The Hall–Kier alpha value is -1.87. The van der Waals surface area contributed by atoms with Gasteiger partial charge in [0.2, 0.25) is 5.91 Å². The number of alkyl halides is 3. The van der Waals surface area contributed by atoms with Gasteiger partial charge in [0.05, 0.1) is 17.0 Å². The fraction of sp³-hybridized carbons (Fsp3) is 0.250. The Balaban J connectivity index is 2.77. The maximum Gasteiger partial charge on any atom is 0.417 e. The molecule has 0 saturated heterocycles. The molecule has 0 spiro atoms. The van der Waals surface area contributed by atoms with Crippen molar-refractivity contribution in [1.29, 1.82) is 0 Å². The molecule has 0 saturated carbocycles. The van der Waals surface area contributed by atoms with Gasteiger partial charge in [0, 0.05) is 11.4 Å². The SMILES string of the molecule is C/C(CC(=O)Nc1ccc(Cl)c(C(F)(F)F)c1)=N/NC(N)=S. The van der Waals surface area contributed by atoms with Crippen LogP contribution < -0.4 is 16.5 Å². The molecule has 4 N–H and O–H groups in total. The summed E-state index contributed by atoms with van der Waals surface area (Å²) in [7, 11) is 0. The van der Waals surface area contributed by atoms with Gasteiger partial charge in [0.25, 0.3) is 0 Å². The third-order valence-corrected chi connectivity index (χ3v) is 2.75. The summed E-state index contributed by atoms with van der Waals surface area (Å²) in [5.41, 5.74) is 6.78. The van der Waals surface area contributed by atoms with Crippen LogP contribution in [0.4, 0.5) is 18.9 Å². The lowest BCUT2D eigenvalue weighted by Crippen LogP contribution is -2.26. The summed E-state index contributed by atoms with van der Waals surface area (Å²) in [5, 5.41) is 5.54. The minimum atomic E-state index is -4.60. The van der Waals surface area contributed by atoms with Gasteiger partial charge in [-0.15, -0.1) is 0 Å². The van der Waals surface area contributed by atoms with Crippen molar-refractivity contribution in [2.24, 2.45) is 10.8 Å². The number of nitrogens with zero attached hydrogens (tertiary/aromatic N) is 1. The molecule has 10 heteroatoms. The number of thiocarbonyl (C=S) groups is 1. The monoisotopic (exact) mass is 352 g/mol. The van der Waals surface area contributed by atoms with Crippen molar-refractivity contribution in [2.75, 3.05) is 5.32 Å². The smallest absolute Gasteiger partial charge is 0.375 e. The maximum absolute atomic E-state index is 12.7. The number of anilines is 1. The van der Waals surface area contributed by atoms with Crippen molar-refractivity contribution >= 4 is 46.2 Å². The topological polar surface area (TPSA) is 79.5 Å². The van der Waals surface area contributed by atoms with Crippen LogP contribution in [0.2, 0.25) is 5.02 Å². The molecule has 1 aromatic rings. The highest BCUT2D eigenvalue weighted by atomic mass is 35.5. The molecular formula is C12H12ClF3N4OS. The summed E-state index contributed by atoms with van der Waals surface area (Å²) in [6.45, 7) is 1.54. The third kappa shape index (κ3) is 5.86. The van der Waals surface area contributed by atoms with Gasteiger partial charge >= 0.3 is 6.18 Å². The van der Waals surface area contributed by atoms with Crippen LogP contribution in [-0.2, 0) is 11.0 Å². The van der Waals surface area contributed by atoms with E-state index in [-0.39, 0.29) is 17.2 Å². The summed E-state index contributed by atoms with van der Waals surface area (Å²) >= 11 is 10.0. The van der Waals surface area contributed by atoms with Crippen molar-refractivity contribution in [3.05, 3.63) is 28.8 Å². The molecule has 0 atom stereocenters. The predicted octanol–water partition coefficient (Wildman–Crippen LogP) is 2.90. The van der Waals surface area contributed by atoms with E-state index in [1.165, 1.54) is 13.0 Å². The first-order chi connectivity index (χ1) is 10.1. The summed E-state index contributed by atoms with van der Waals surface area (Å²) in [6, 6.07) is 3.10. The molecular weight excluding hydrogens is 341 g/mol. The number of nitrogens with one attached hydrogen (secondary N) is 2. The van der Waals surface area contributed by atoms with E-state index >= 15 is 0 Å². The molecule has 0 fully saturated rings. The molecule has 1 rings (SSSR count). The number of hydrogen-bond acceptors (Lipinski definition) is 3. The van der Waals surface area contributed by atoms with Gasteiger partial charge in [-0.05, 0) is 37.3 Å². The molecule has 1 aromatic carbocycles. The standard InChI is InChI=1S/C12H12ClF3N4OS/c1-6(19-20-11(17)22)4-10(21)18-7-2-3-9(13)8(5-7)12(14,15)16/h2-3,5H,4H2,1H3,(H,18,21)(H3,17,20,22)/b19-6-. The maximum atomic E-state index is 12.7. The molecule has 0 aliphatic heterocycles. The molecule has 1 amide bonds. The summed E-state index contributed by atoms with van der Waals surface area (Å²) in [4.78, 5) is 11.7. The van der Waals surface area contributed by atoms with Crippen molar-refractivity contribution in [2.45, 2.75) is 19.5 Å². The second kappa shape index (κ2) is 7.41. The van der Waals surface area contributed by atoms with Gasteiger partial charge in [-0.1, -0.05) is 11.6 Å². The van der Waals surface area contributed by atoms with Gasteiger partial charge in [-0.25, -0.2) is 0 Å². The lowest BCUT2D eigenvalue weighted by atomic mass is 10.2. The Kier molecular flexibility index (Phi) is 6.12. The van der Waals surface area contributed by atoms with Crippen LogP contribution in [0.25, 0.3) is 0 Å². The van der Waals surface area contributed by atoms with Crippen LogP contribution >= 0.6 is 23.8 Å². The highest BCUT2D eigenvalue weighted by Crippen LogP contribution is 2.36. The predicted molar refractivity (Wildman–Crippen MR) is 82.7 cm³/mol. The Morgan fingerprint density at radius 2 is 2.09 bits per heavy atom. The van der Waals surface area contributed by atoms with E-state index in [1.807, 2.05) is 0 Å². The van der Waals surface area contributed by atoms with E-state index < -0.39 is 22.7 Å². The number of carbonyl (C=O) groups is 1. The molecule has 0 unspecified atom stereocenters. The van der Waals surface area contributed by atoms with E-state index in [1.54, 1.807) is 0 Å². The second-order valence-corrected chi connectivity index (χ2v) is 5.09. The zero-order valence-corrected chi connectivity index (χ0v) is 12.9. The lowest BCUT2D eigenvalue weighted by molar-refractivity contribution is -0.137. The van der Waals surface area contributed by atoms with Gasteiger partial charge < -0.3 is 11.1 Å². The third-order valence-electron chi connectivity index (χ3n) is 2.33. The molecule has 5 nitrogen and oxygen atoms in total. The molecule has 22 heavy (non-hydrogen) atoms. The first-order valence-electron chi connectivity index (χ1n) is 5.85. The molecule has 0 bridgehead atoms. The Morgan fingerprint density at radius 3 is 2.64 bits per heavy atom. The number of rotatable bonds is 4. The minimum absolute atomic E-state index is 0.0168. The molecule has 120 valence electrons. The van der Waals surface area contributed by atoms with E-state index in [9.17, 15) is 18.0 Å². The van der Waals surface area contributed by atoms with Crippen molar-refractivity contribution in [3.63, 3.8) is 0 Å². The van der Waals surface area contributed by atoms with Crippen LogP contribution in [0.3, 0.4) is 0 Å². The average Bonchev–Trinajstić information content (AvgIpc) is 2.37.